The smallest absolute Gasteiger partial charge is 0.0711 e. The maximum atomic E-state index is 5.92. The fraction of sp³-hybridized carbons (Fsp3) is 0.111. The lowest BCUT2D eigenvalue weighted by molar-refractivity contribution is 1.53. The first kappa shape index (κ1) is 9.37. The van der Waals surface area contributed by atoms with Gasteiger partial charge < -0.3 is 5.73 Å². The molecule has 0 spiro atoms. The summed E-state index contributed by atoms with van der Waals surface area (Å²) in [5, 5.41) is 1.15. The van der Waals surface area contributed by atoms with Gasteiger partial charge in [-0.1, -0.05) is 0 Å². The van der Waals surface area contributed by atoms with Gasteiger partial charge in [-0.2, -0.15) is 0 Å². The Labute approximate surface area is 93.4 Å². The summed E-state index contributed by atoms with van der Waals surface area (Å²) in [4.78, 5) is 1.22. The second-order valence-electron chi connectivity index (χ2n) is 2.68. The highest BCUT2D eigenvalue weighted by atomic mass is 79.9. The summed E-state index contributed by atoms with van der Waals surface area (Å²) in [7, 11) is 0. The molecule has 0 aliphatic carbocycles. The van der Waals surface area contributed by atoms with E-state index in [0.717, 1.165) is 14.9 Å². The van der Waals surface area contributed by atoms with Gasteiger partial charge in [-0.05, 0) is 40.4 Å². The van der Waals surface area contributed by atoms with Crippen LogP contribution in [0.2, 0.25) is 0 Å². The Morgan fingerprint density at radius 2 is 2.15 bits per heavy atom. The maximum Gasteiger partial charge on any atom is 0.0711 e. The number of hydrogen-bond donors (Lipinski definition) is 1. The van der Waals surface area contributed by atoms with E-state index < -0.39 is 0 Å². The normalized spacial score (nSPS) is 10.9. The second-order valence-corrected chi connectivity index (χ2v) is 6.02. The molecule has 1 nitrogen and oxygen atoms in total. The number of thioether (sulfide) groups is 1. The van der Waals surface area contributed by atoms with Crippen molar-refractivity contribution in [2.24, 2.45) is 0 Å². The number of rotatable bonds is 1. The molecular weight excluding hydrogens is 266 g/mol. The van der Waals surface area contributed by atoms with Crippen LogP contribution in [0.1, 0.15) is 0 Å². The first-order valence-corrected chi connectivity index (χ1v) is 6.56. The van der Waals surface area contributed by atoms with E-state index in [1.165, 1.54) is 9.60 Å². The third-order valence-electron chi connectivity index (χ3n) is 1.85. The van der Waals surface area contributed by atoms with Gasteiger partial charge in [0, 0.05) is 20.7 Å². The average molecular weight is 274 g/mol. The van der Waals surface area contributed by atoms with E-state index in [1.54, 1.807) is 23.1 Å². The summed E-state index contributed by atoms with van der Waals surface area (Å²) < 4.78 is 2.38. The molecule has 0 aliphatic rings. The quantitative estimate of drug-likeness (QED) is 0.629. The second kappa shape index (κ2) is 3.52. The molecule has 0 aliphatic heterocycles. The van der Waals surface area contributed by atoms with Gasteiger partial charge in [0.2, 0.25) is 0 Å². The molecule has 0 fully saturated rings. The van der Waals surface area contributed by atoms with Gasteiger partial charge in [0.1, 0.15) is 0 Å². The van der Waals surface area contributed by atoms with Crippen LogP contribution in [0.25, 0.3) is 10.1 Å². The zero-order chi connectivity index (χ0) is 9.42. The van der Waals surface area contributed by atoms with Gasteiger partial charge in [0.25, 0.3) is 0 Å². The first-order chi connectivity index (χ1) is 6.20. The molecule has 0 amide bonds. The lowest BCUT2D eigenvalue weighted by Gasteiger charge is -1.99. The molecule has 0 radical (unpaired) electrons. The van der Waals surface area contributed by atoms with E-state index >= 15 is 0 Å². The van der Waals surface area contributed by atoms with Crippen molar-refractivity contribution in [3.05, 3.63) is 22.0 Å². The SMILES string of the molecule is CSc1cc(N)c2cc(Br)sc2c1. The van der Waals surface area contributed by atoms with Gasteiger partial charge in [0.15, 0.2) is 0 Å². The standard InChI is InChI=1S/C9H8BrNS2/c1-12-5-2-7(11)6-4-9(10)13-8(6)3-5/h2-4H,11H2,1H3. The Hall–Kier alpha value is -0.190. The van der Waals surface area contributed by atoms with Crippen LogP contribution in [0.4, 0.5) is 5.69 Å². The average Bonchev–Trinajstić information content (AvgIpc) is 2.46. The molecule has 0 saturated carbocycles. The Bertz CT molecular complexity index is 450. The van der Waals surface area contributed by atoms with Gasteiger partial charge in [-0.25, -0.2) is 0 Å². The van der Waals surface area contributed by atoms with Crippen LogP contribution in [0.3, 0.4) is 0 Å². The van der Waals surface area contributed by atoms with Crippen molar-refractivity contribution in [2.45, 2.75) is 4.90 Å². The number of thiophene rings is 1. The summed E-state index contributed by atoms with van der Waals surface area (Å²) in [5.41, 5.74) is 6.78. The molecule has 13 heavy (non-hydrogen) atoms. The molecule has 0 atom stereocenters. The zero-order valence-corrected chi connectivity index (χ0v) is 10.2. The van der Waals surface area contributed by atoms with Crippen LogP contribution in [-0.2, 0) is 0 Å². The Kier molecular flexibility index (Phi) is 2.53. The summed E-state index contributed by atoms with van der Waals surface area (Å²) in [6, 6.07) is 6.26. The number of fused-ring (bicyclic) bond motifs is 1. The molecule has 0 saturated heterocycles. The van der Waals surface area contributed by atoms with Gasteiger partial charge >= 0.3 is 0 Å². The minimum Gasteiger partial charge on any atom is -0.398 e. The minimum atomic E-state index is 0.865. The molecule has 1 aromatic carbocycles. The van der Waals surface area contributed by atoms with Crippen molar-refractivity contribution < 1.29 is 0 Å². The molecule has 2 aromatic rings. The third-order valence-corrected chi connectivity index (χ3v) is 4.14. The van der Waals surface area contributed by atoms with Crippen molar-refractivity contribution in [1.82, 2.24) is 0 Å². The molecule has 1 heterocycles. The zero-order valence-electron chi connectivity index (χ0n) is 7.00. The molecule has 0 bridgehead atoms. The highest BCUT2D eigenvalue weighted by Crippen LogP contribution is 2.35. The van der Waals surface area contributed by atoms with Crippen LogP contribution in [-0.4, -0.2) is 6.26 Å². The third kappa shape index (κ3) is 1.71. The molecule has 4 heteroatoms. The van der Waals surface area contributed by atoms with E-state index in [4.69, 9.17) is 5.73 Å². The lowest BCUT2D eigenvalue weighted by atomic mass is 10.2. The number of hydrogen-bond acceptors (Lipinski definition) is 3. The number of nitrogens with two attached hydrogens (primary N) is 1. The molecule has 0 unspecified atom stereocenters. The Morgan fingerprint density at radius 3 is 2.85 bits per heavy atom. The van der Waals surface area contributed by atoms with Crippen molar-refractivity contribution in [3.8, 4) is 0 Å². The van der Waals surface area contributed by atoms with Crippen molar-refractivity contribution >= 4 is 54.8 Å². The fourth-order valence-electron chi connectivity index (χ4n) is 1.23. The minimum absolute atomic E-state index is 0.865. The van der Waals surface area contributed by atoms with Gasteiger partial charge in [0.05, 0.1) is 3.79 Å². The van der Waals surface area contributed by atoms with Gasteiger partial charge in [-0.3, -0.25) is 0 Å². The van der Waals surface area contributed by atoms with Crippen LogP contribution < -0.4 is 5.73 Å². The Balaban J connectivity index is 2.75. The molecule has 1 aromatic heterocycles. The predicted molar refractivity (Wildman–Crippen MR) is 65.7 cm³/mol. The van der Waals surface area contributed by atoms with Crippen LogP contribution in [0.5, 0.6) is 0 Å². The topological polar surface area (TPSA) is 26.0 Å². The maximum absolute atomic E-state index is 5.92. The van der Waals surface area contributed by atoms with Crippen LogP contribution in [0.15, 0.2) is 26.9 Å². The number of benzene rings is 1. The molecule has 2 rings (SSSR count). The molecule has 2 N–H and O–H groups in total. The largest absolute Gasteiger partial charge is 0.398 e. The lowest BCUT2D eigenvalue weighted by Crippen LogP contribution is -1.84. The first-order valence-electron chi connectivity index (χ1n) is 3.73. The number of anilines is 1. The summed E-state index contributed by atoms with van der Waals surface area (Å²) in [6.45, 7) is 0. The van der Waals surface area contributed by atoms with E-state index in [1.807, 2.05) is 6.07 Å². The summed E-state index contributed by atoms with van der Waals surface area (Å²) >= 11 is 6.90. The predicted octanol–water partition coefficient (Wildman–Crippen LogP) is 3.97. The van der Waals surface area contributed by atoms with Crippen molar-refractivity contribution in [2.75, 3.05) is 12.0 Å². The van der Waals surface area contributed by atoms with E-state index in [2.05, 4.69) is 34.3 Å². The highest BCUT2D eigenvalue weighted by molar-refractivity contribution is 9.11. The fourth-order valence-corrected chi connectivity index (χ4v) is 3.39. The monoisotopic (exact) mass is 273 g/mol. The van der Waals surface area contributed by atoms with E-state index in [9.17, 15) is 0 Å². The van der Waals surface area contributed by atoms with E-state index in [-0.39, 0.29) is 0 Å². The highest BCUT2D eigenvalue weighted by Gasteiger charge is 2.04. The number of halogens is 1. The van der Waals surface area contributed by atoms with Crippen LogP contribution in [0, 0.1) is 0 Å². The summed E-state index contributed by atoms with van der Waals surface area (Å²) in [5.74, 6) is 0. The number of nitrogen functional groups attached to an aromatic ring is 1. The van der Waals surface area contributed by atoms with E-state index in [0.29, 0.717) is 0 Å². The molecule has 68 valence electrons. The van der Waals surface area contributed by atoms with Crippen molar-refractivity contribution in [3.63, 3.8) is 0 Å². The Morgan fingerprint density at radius 1 is 1.38 bits per heavy atom. The van der Waals surface area contributed by atoms with Crippen molar-refractivity contribution in [1.29, 1.82) is 0 Å². The van der Waals surface area contributed by atoms with Crippen LogP contribution >= 0.6 is 39.0 Å². The summed E-state index contributed by atoms with van der Waals surface area (Å²) in [6.07, 6.45) is 2.06. The molecular formula is C9H8BrNS2. The van der Waals surface area contributed by atoms with Gasteiger partial charge in [-0.15, -0.1) is 23.1 Å².